The molecule has 0 heterocycles. The smallest absolute Gasteiger partial charge is 0.242 e. The highest BCUT2D eigenvalue weighted by Crippen LogP contribution is 2.20. The van der Waals surface area contributed by atoms with Crippen LogP contribution in [0.15, 0.2) is 29.2 Å². The molecule has 0 saturated carbocycles. The Morgan fingerprint density at radius 1 is 1.10 bits per heavy atom. The molecule has 0 aromatic heterocycles. The van der Waals surface area contributed by atoms with Crippen LogP contribution >= 0.6 is 0 Å². The monoisotopic (exact) mass is 335 g/mol. The lowest BCUT2D eigenvalue weighted by Crippen LogP contribution is -2.28. The second-order valence-electron chi connectivity index (χ2n) is 4.54. The Morgan fingerprint density at radius 2 is 1.76 bits per heavy atom. The molecule has 0 aliphatic heterocycles. The van der Waals surface area contributed by atoms with Gasteiger partial charge in [-0.15, -0.1) is 0 Å². The van der Waals surface area contributed by atoms with Gasteiger partial charge in [-0.3, -0.25) is 0 Å². The van der Waals surface area contributed by atoms with E-state index in [2.05, 4.69) is 10.0 Å². The highest BCUT2D eigenvalue weighted by Gasteiger charge is 2.17. The van der Waals surface area contributed by atoms with Gasteiger partial charge in [0.1, 0.15) is 4.90 Å². The van der Waals surface area contributed by atoms with Crippen LogP contribution in [0.2, 0.25) is 0 Å². The van der Waals surface area contributed by atoms with Gasteiger partial charge in [-0.25, -0.2) is 26.7 Å². The molecule has 0 aliphatic carbocycles. The largest absolute Gasteiger partial charge is 0.384 e. The zero-order valence-corrected chi connectivity index (χ0v) is 13.5. The molecule has 1 rings (SSSR count). The lowest BCUT2D eigenvalue weighted by Gasteiger charge is -2.12. The first kappa shape index (κ1) is 17.9. The molecule has 0 saturated heterocycles. The van der Waals surface area contributed by atoms with Crippen molar-refractivity contribution in [3.05, 3.63) is 24.3 Å². The van der Waals surface area contributed by atoms with Gasteiger partial charge < -0.3 is 5.32 Å². The summed E-state index contributed by atoms with van der Waals surface area (Å²) in [6, 6.07) is 6.57. The number of primary sulfonamides is 1. The van der Waals surface area contributed by atoms with Crippen LogP contribution in [0.4, 0.5) is 5.69 Å². The van der Waals surface area contributed by atoms with Crippen LogP contribution in [-0.4, -0.2) is 35.7 Å². The summed E-state index contributed by atoms with van der Waals surface area (Å²) in [4.78, 5) is 0.147. The van der Waals surface area contributed by atoms with Crippen LogP contribution in [0.25, 0.3) is 0 Å². The minimum atomic E-state index is -3.69. The van der Waals surface area contributed by atoms with E-state index in [9.17, 15) is 16.8 Å². The standard InChI is InChI=1S/C12H21N3O4S2/c1-2-8-14-11-6-3-4-7-12(11)21(18,19)15-9-5-10-20(13,16)17/h3-4,6-7,14-15H,2,5,8-10H2,1H3,(H2,13,16,17). The highest BCUT2D eigenvalue weighted by molar-refractivity contribution is 7.89. The Balaban J connectivity index is 2.74. The first-order valence-electron chi connectivity index (χ1n) is 6.59. The normalized spacial score (nSPS) is 12.3. The van der Waals surface area contributed by atoms with E-state index in [-0.39, 0.29) is 23.6 Å². The number of nitrogens with two attached hydrogens (primary N) is 1. The van der Waals surface area contributed by atoms with Gasteiger partial charge in [0.2, 0.25) is 20.0 Å². The number of anilines is 1. The predicted octanol–water partition coefficient (Wildman–Crippen LogP) is 0.465. The first-order chi connectivity index (χ1) is 9.76. The minimum Gasteiger partial charge on any atom is -0.384 e. The molecular formula is C12H21N3O4S2. The molecule has 0 amide bonds. The SMILES string of the molecule is CCCNc1ccccc1S(=O)(=O)NCCCS(N)(=O)=O. The van der Waals surface area contributed by atoms with Gasteiger partial charge in [-0.05, 0) is 25.0 Å². The minimum absolute atomic E-state index is 0.0148. The summed E-state index contributed by atoms with van der Waals surface area (Å²) in [7, 11) is -7.26. The van der Waals surface area contributed by atoms with Gasteiger partial charge >= 0.3 is 0 Å². The summed E-state index contributed by atoms with van der Waals surface area (Å²) in [5, 5.41) is 7.91. The maximum Gasteiger partial charge on any atom is 0.242 e. The number of para-hydroxylation sites is 1. The van der Waals surface area contributed by atoms with E-state index in [0.717, 1.165) is 6.42 Å². The maximum absolute atomic E-state index is 12.2. The molecular weight excluding hydrogens is 314 g/mol. The molecule has 7 nitrogen and oxygen atoms in total. The van der Waals surface area contributed by atoms with Crippen LogP contribution < -0.4 is 15.2 Å². The second-order valence-corrected chi connectivity index (χ2v) is 8.01. The molecule has 0 atom stereocenters. The van der Waals surface area contributed by atoms with Gasteiger partial charge in [0, 0.05) is 13.1 Å². The van der Waals surface area contributed by atoms with Crippen LogP contribution in [0.1, 0.15) is 19.8 Å². The van der Waals surface area contributed by atoms with Crippen molar-refractivity contribution < 1.29 is 16.8 Å². The molecule has 120 valence electrons. The Labute approximate surface area is 126 Å². The van der Waals surface area contributed by atoms with E-state index in [1.807, 2.05) is 6.92 Å². The Bertz CT molecular complexity index is 657. The first-order valence-corrected chi connectivity index (χ1v) is 9.79. The fourth-order valence-electron chi connectivity index (χ4n) is 1.66. The number of sulfonamides is 2. The molecule has 0 aliphatic rings. The molecule has 0 spiro atoms. The van der Waals surface area contributed by atoms with Gasteiger partial charge in [0.25, 0.3) is 0 Å². The van der Waals surface area contributed by atoms with Crippen molar-refractivity contribution in [1.29, 1.82) is 0 Å². The number of hydrogen-bond acceptors (Lipinski definition) is 5. The Morgan fingerprint density at radius 3 is 2.38 bits per heavy atom. The van der Waals surface area contributed by atoms with Crippen LogP contribution in [0.5, 0.6) is 0 Å². The fourth-order valence-corrected chi connectivity index (χ4v) is 3.47. The van der Waals surface area contributed by atoms with Crippen molar-refractivity contribution in [3.63, 3.8) is 0 Å². The number of benzene rings is 1. The van der Waals surface area contributed by atoms with Gasteiger partial charge in [0.15, 0.2) is 0 Å². The highest BCUT2D eigenvalue weighted by atomic mass is 32.2. The molecule has 0 unspecified atom stereocenters. The molecule has 9 heteroatoms. The molecule has 1 aromatic carbocycles. The van der Waals surface area contributed by atoms with E-state index >= 15 is 0 Å². The Hall–Kier alpha value is -1.16. The average Bonchev–Trinajstić information content (AvgIpc) is 2.41. The van der Waals surface area contributed by atoms with Crippen LogP contribution in [0, 0.1) is 0 Å². The summed E-state index contributed by atoms with van der Waals surface area (Å²) in [6.07, 6.45) is 0.999. The summed E-state index contributed by atoms with van der Waals surface area (Å²) >= 11 is 0. The molecule has 0 fully saturated rings. The topological polar surface area (TPSA) is 118 Å². The average molecular weight is 335 g/mol. The number of rotatable bonds is 9. The van der Waals surface area contributed by atoms with E-state index in [0.29, 0.717) is 12.2 Å². The third-order valence-electron chi connectivity index (χ3n) is 2.64. The third-order valence-corrected chi connectivity index (χ3v) is 5.02. The van der Waals surface area contributed by atoms with Crippen LogP contribution in [0.3, 0.4) is 0 Å². The summed E-state index contributed by atoms with van der Waals surface area (Å²) < 4.78 is 48.4. The quantitative estimate of drug-likeness (QED) is 0.567. The van der Waals surface area contributed by atoms with Crippen molar-refractivity contribution in [3.8, 4) is 0 Å². The van der Waals surface area contributed by atoms with E-state index in [1.165, 1.54) is 6.07 Å². The van der Waals surface area contributed by atoms with Gasteiger partial charge in [-0.2, -0.15) is 0 Å². The molecule has 0 radical (unpaired) electrons. The second kappa shape index (κ2) is 7.74. The van der Waals surface area contributed by atoms with Gasteiger partial charge in [-0.1, -0.05) is 19.1 Å². The Kier molecular flexibility index (Phi) is 6.59. The number of hydrogen-bond donors (Lipinski definition) is 3. The van der Waals surface area contributed by atoms with Crippen molar-refractivity contribution in [2.24, 2.45) is 5.14 Å². The zero-order chi connectivity index (χ0) is 15.9. The van der Waals surface area contributed by atoms with Gasteiger partial charge in [0.05, 0.1) is 11.4 Å². The number of nitrogens with one attached hydrogen (secondary N) is 2. The summed E-state index contributed by atoms with van der Waals surface area (Å²) in [5.41, 5.74) is 0.526. The molecule has 1 aromatic rings. The lowest BCUT2D eigenvalue weighted by molar-refractivity contribution is 0.577. The lowest BCUT2D eigenvalue weighted by atomic mass is 10.3. The fraction of sp³-hybridized carbons (Fsp3) is 0.500. The zero-order valence-electron chi connectivity index (χ0n) is 11.9. The van der Waals surface area contributed by atoms with E-state index in [4.69, 9.17) is 5.14 Å². The summed E-state index contributed by atoms with van der Waals surface area (Å²) in [5.74, 6) is -0.259. The van der Waals surface area contributed by atoms with Crippen LogP contribution in [-0.2, 0) is 20.0 Å². The maximum atomic E-state index is 12.2. The van der Waals surface area contributed by atoms with Crippen molar-refractivity contribution in [2.45, 2.75) is 24.7 Å². The molecule has 21 heavy (non-hydrogen) atoms. The molecule has 0 bridgehead atoms. The predicted molar refractivity (Wildman–Crippen MR) is 83.0 cm³/mol. The van der Waals surface area contributed by atoms with E-state index < -0.39 is 20.0 Å². The van der Waals surface area contributed by atoms with Crippen molar-refractivity contribution >= 4 is 25.7 Å². The third kappa shape index (κ3) is 6.42. The van der Waals surface area contributed by atoms with Crippen molar-refractivity contribution in [2.75, 3.05) is 24.2 Å². The summed E-state index contributed by atoms with van der Waals surface area (Å²) in [6.45, 7) is 2.66. The van der Waals surface area contributed by atoms with E-state index in [1.54, 1.807) is 18.2 Å². The molecule has 4 N–H and O–H groups in total. The van der Waals surface area contributed by atoms with Crippen molar-refractivity contribution in [1.82, 2.24) is 4.72 Å².